The summed E-state index contributed by atoms with van der Waals surface area (Å²) in [6.45, 7) is 3.95. The van der Waals surface area contributed by atoms with Gasteiger partial charge in [0, 0.05) is 33.6 Å². The minimum absolute atomic E-state index is 0.285. The Morgan fingerprint density at radius 2 is 1.85 bits per heavy atom. The van der Waals surface area contributed by atoms with Gasteiger partial charge < -0.3 is 10.6 Å². The third-order valence-electron chi connectivity index (χ3n) is 5.01. The van der Waals surface area contributed by atoms with Gasteiger partial charge in [0.2, 0.25) is 0 Å². The molecule has 0 spiro atoms. The molecule has 1 aromatic heterocycles. The molecule has 6 heteroatoms. The lowest BCUT2D eigenvalue weighted by atomic mass is 9.98. The van der Waals surface area contributed by atoms with Gasteiger partial charge in [-0.15, -0.1) is 0 Å². The van der Waals surface area contributed by atoms with Crippen LogP contribution in [0.4, 0.5) is 10.1 Å². The number of aromatic amines is 1. The fourth-order valence-corrected chi connectivity index (χ4v) is 3.72. The average molecular weight is 385 g/mol. The topological polar surface area (TPSA) is 52.7 Å². The molecule has 3 aromatic rings. The Kier molecular flexibility index (Phi) is 5.14. The van der Waals surface area contributed by atoms with Crippen LogP contribution in [0.1, 0.15) is 18.5 Å². The molecule has 27 heavy (non-hydrogen) atoms. The second kappa shape index (κ2) is 7.71. The maximum absolute atomic E-state index is 14.7. The SMILES string of the molecule is Cc1[nH]nc(-c2cc(NC3CCNCC3)ccc2F)c1-c1ccc(Cl)cc1. The molecule has 1 fully saturated rings. The van der Waals surface area contributed by atoms with Crippen molar-refractivity contribution in [2.45, 2.75) is 25.8 Å². The van der Waals surface area contributed by atoms with Gasteiger partial charge in [-0.25, -0.2) is 4.39 Å². The van der Waals surface area contributed by atoms with Crippen LogP contribution in [0.3, 0.4) is 0 Å². The number of halogens is 2. The quantitative estimate of drug-likeness (QED) is 0.592. The summed E-state index contributed by atoms with van der Waals surface area (Å²) in [4.78, 5) is 0. The lowest BCUT2D eigenvalue weighted by Gasteiger charge is -2.25. The predicted molar refractivity (Wildman–Crippen MR) is 109 cm³/mol. The summed E-state index contributed by atoms with van der Waals surface area (Å²) in [6, 6.07) is 13.1. The van der Waals surface area contributed by atoms with Crippen molar-refractivity contribution in [1.29, 1.82) is 0 Å². The first-order chi connectivity index (χ1) is 13.1. The van der Waals surface area contributed by atoms with E-state index in [0.717, 1.165) is 48.4 Å². The average Bonchev–Trinajstić information content (AvgIpc) is 3.06. The van der Waals surface area contributed by atoms with Gasteiger partial charge >= 0.3 is 0 Å². The van der Waals surface area contributed by atoms with Crippen molar-refractivity contribution in [2.24, 2.45) is 0 Å². The van der Waals surface area contributed by atoms with Gasteiger partial charge in [0.05, 0.1) is 0 Å². The first-order valence-corrected chi connectivity index (χ1v) is 9.57. The molecule has 1 aliphatic heterocycles. The molecule has 1 aliphatic rings. The number of nitrogens with zero attached hydrogens (tertiary/aromatic N) is 1. The van der Waals surface area contributed by atoms with E-state index in [9.17, 15) is 4.39 Å². The third-order valence-corrected chi connectivity index (χ3v) is 5.26. The van der Waals surface area contributed by atoms with Crippen LogP contribution in [0, 0.1) is 12.7 Å². The molecule has 1 saturated heterocycles. The van der Waals surface area contributed by atoms with Crippen LogP contribution in [-0.2, 0) is 0 Å². The number of hydrogen-bond acceptors (Lipinski definition) is 3. The molecule has 0 unspecified atom stereocenters. The van der Waals surface area contributed by atoms with E-state index in [-0.39, 0.29) is 5.82 Å². The molecular formula is C21H22ClFN4. The zero-order valence-electron chi connectivity index (χ0n) is 15.2. The van der Waals surface area contributed by atoms with E-state index in [2.05, 4.69) is 20.8 Å². The molecule has 0 radical (unpaired) electrons. The molecule has 0 bridgehead atoms. The monoisotopic (exact) mass is 384 g/mol. The number of anilines is 1. The van der Waals surface area contributed by atoms with Crippen LogP contribution in [0.5, 0.6) is 0 Å². The fraction of sp³-hybridized carbons (Fsp3) is 0.286. The highest BCUT2D eigenvalue weighted by Gasteiger charge is 2.19. The number of aryl methyl sites for hydroxylation is 1. The van der Waals surface area contributed by atoms with E-state index in [0.29, 0.717) is 22.3 Å². The van der Waals surface area contributed by atoms with Gasteiger partial charge in [0.1, 0.15) is 11.5 Å². The number of H-pyrrole nitrogens is 1. The minimum atomic E-state index is -0.285. The molecule has 2 aromatic carbocycles. The summed E-state index contributed by atoms with van der Waals surface area (Å²) in [7, 11) is 0. The van der Waals surface area contributed by atoms with Gasteiger partial charge in [0.15, 0.2) is 0 Å². The van der Waals surface area contributed by atoms with Crippen LogP contribution in [0.2, 0.25) is 5.02 Å². The normalized spacial score (nSPS) is 15.1. The number of aromatic nitrogens is 2. The third kappa shape index (κ3) is 3.84. The summed E-state index contributed by atoms with van der Waals surface area (Å²) in [5.41, 5.74) is 4.76. The summed E-state index contributed by atoms with van der Waals surface area (Å²) in [5, 5.41) is 14.9. The van der Waals surface area contributed by atoms with Crippen LogP contribution in [-0.4, -0.2) is 29.3 Å². The summed E-state index contributed by atoms with van der Waals surface area (Å²) >= 11 is 6.01. The lowest BCUT2D eigenvalue weighted by molar-refractivity contribution is 0.479. The molecule has 0 aliphatic carbocycles. The Morgan fingerprint density at radius 1 is 1.11 bits per heavy atom. The number of rotatable bonds is 4. The smallest absolute Gasteiger partial charge is 0.132 e. The van der Waals surface area contributed by atoms with Gasteiger partial charge in [-0.2, -0.15) is 5.10 Å². The zero-order chi connectivity index (χ0) is 18.8. The van der Waals surface area contributed by atoms with Crippen LogP contribution < -0.4 is 10.6 Å². The Hall–Kier alpha value is -2.37. The molecule has 4 rings (SSSR count). The molecule has 0 saturated carbocycles. The van der Waals surface area contributed by atoms with Gasteiger partial charge in [-0.3, -0.25) is 5.10 Å². The number of hydrogen-bond donors (Lipinski definition) is 3. The van der Waals surface area contributed by atoms with E-state index in [4.69, 9.17) is 11.6 Å². The van der Waals surface area contributed by atoms with E-state index < -0.39 is 0 Å². The van der Waals surface area contributed by atoms with Crippen molar-refractivity contribution in [1.82, 2.24) is 15.5 Å². The molecule has 4 nitrogen and oxygen atoms in total. The van der Waals surface area contributed by atoms with Gasteiger partial charge in [-0.05, 0) is 68.8 Å². The van der Waals surface area contributed by atoms with Crippen molar-refractivity contribution >= 4 is 17.3 Å². The Morgan fingerprint density at radius 3 is 2.59 bits per heavy atom. The largest absolute Gasteiger partial charge is 0.382 e. The van der Waals surface area contributed by atoms with Crippen molar-refractivity contribution in [3.63, 3.8) is 0 Å². The minimum Gasteiger partial charge on any atom is -0.382 e. The molecule has 0 atom stereocenters. The van der Waals surface area contributed by atoms with Crippen molar-refractivity contribution in [3.8, 4) is 22.4 Å². The van der Waals surface area contributed by atoms with E-state index in [1.807, 2.05) is 37.3 Å². The second-order valence-electron chi connectivity index (χ2n) is 6.94. The van der Waals surface area contributed by atoms with Gasteiger partial charge in [0.25, 0.3) is 0 Å². The summed E-state index contributed by atoms with van der Waals surface area (Å²) < 4.78 is 14.7. The standard InChI is InChI=1S/C21H22ClFN4/c1-13-20(14-2-4-15(22)5-3-14)21(27-26-13)18-12-17(6-7-19(18)23)25-16-8-10-24-11-9-16/h2-7,12,16,24-25H,8-11H2,1H3,(H,26,27). The van der Waals surface area contributed by atoms with E-state index in [1.165, 1.54) is 6.07 Å². The Bertz CT molecular complexity index is 930. The maximum atomic E-state index is 14.7. The molecule has 2 heterocycles. The Balaban J connectivity index is 1.71. The highest BCUT2D eigenvalue weighted by atomic mass is 35.5. The summed E-state index contributed by atoms with van der Waals surface area (Å²) in [5.74, 6) is -0.285. The molecular weight excluding hydrogens is 363 g/mol. The van der Waals surface area contributed by atoms with Crippen LogP contribution >= 0.6 is 11.6 Å². The molecule has 140 valence electrons. The summed E-state index contributed by atoms with van der Waals surface area (Å²) in [6.07, 6.45) is 2.12. The van der Waals surface area contributed by atoms with Crippen LogP contribution in [0.15, 0.2) is 42.5 Å². The predicted octanol–water partition coefficient (Wildman–Crippen LogP) is 5.01. The number of nitrogens with one attached hydrogen (secondary N) is 3. The fourth-order valence-electron chi connectivity index (χ4n) is 3.59. The van der Waals surface area contributed by atoms with Crippen LogP contribution in [0.25, 0.3) is 22.4 Å². The van der Waals surface area contributed by atoms with E-state index in [1.54, 1.807) is 6.07 Å². The van der Waals surface area contributed by atoms with Crippen molar-refractivity contribution < 1.29 is 4.39 Å². The number of benzene rings is 2. The highest BCUT2D eigenvalue weighted by Crippen LogP contribution is 2.36. The lowest BCUT2D eigenvalue weighted by Crippen LogP contribution is -2.35. The maximum Gasteiger partial charge on any atom is 0.132 e. The van der Waals surface area contributed by atoms with E-state index >= 15 is 0 Å². The molecule has 3 N–H and O–H groups in total. The Labute approximate surface area is 163 Å². The first kappa shape index (κ1) is 18.0. The van der Waals surface area contributed by atoms with Crippen molar-refractivity contribution in [3.05, 3.63) is 59.0 Å². The highest BCUT2D eigenvalue weighted by molar-refractivity contribution is 6.30. The molecule has 0 amide bonds. The number of piperidine rings is 1. The zero-order valence-corrected chi connectivity index (χ0v) is 15.9. The second-order valence-corrected chi connectivity index (χ2v) is 7.38. The van der Waals surface area contributed by atoms with Crippen molar-refractivity contribution in [2.75, 3.05) is 18.4 Å². The van der Waals surface area contributed by atoms with Gasteiger partial charge in [-0.1, -0.05) is 23.7 Å². The first-order valence-electron chi connectivity index (χ1n) is 9.20.